The average Bonchev–Trinajstić information content (AvgIpc) is 3.24. The van der Waals surface area contributed by atoms with E-state index in [2.05, 4.69) is 14.8 Å². The van der Waals surface area contributed by atoms with Crippen molar-refractivity contribution in [1.29, 1.82) is 0 Å². The van der Waals surface area contributed by atoms with Gasteiger partial charge in [-0.1, -0.05) is 0 Å². The molecule has 1 unspecified atom stereocenters. The fourth-order valence-corrected chi connectivity index (χ4v) is 3.92. The molecule has 6 nitrogen and oxygen atoms in total. The molecule has 6 heteroatoms. The van der Waals surface area contributed by atoms with Gasteiger partial charge in [-0.15, -0.1) is 0 Å². The lowest BCUT2D eigenvalue weighted by atomic mass is 10.1. The molecule has 2 aliphatic heterocycles. The molecule has 4 rings (SSSR count). The van der Waals surface area contributed by atoms with Gasteiger partial charge in [0.15, 0.2) is 0 Å². The van der Waals surface area contributed by atoms with Gasteiger partial charge in [0, 0.05) is 31.4 Å². The van der Waals surface area contributed by atoms with Gasteiger partial charge in [-0.25, -0.2) is 0 Å². The number of rotatable bonds is 3. The second-order valence-corrected chi connectivity index (χ2v) is 6.39. The normalized spacial score (nSPS) is 22.1. The quantitative estimate of drug-likeness (QED) is 0.644. The van der Waals surface area contributed by atoms with Crippen molar-refractivity contribution >= 4 is 22.3 Å². The van der Waals surface area contributed by atoms with Gasteiger partial charge in [0.1, 0.15) is 5.52 Å². The summed E-state index contributed by atoms with van der Waals surface area (Å²) in [4.78, 5) is 20.3. The summed E-state index contributed by atoms with van der Waals surface area (Å²) >= 11 is 0. The Morgan fingerprint density at radius 2 is 2.00 bits per heavy atom. The van der Waals surface area contributed by atoms with Crippen LogP contribution in [0.4, 0.5) is 11.4 Å². The number of nitro groups is 1. The minimum atomic E-state index is -0.329. The van der Waals surface area contributed by atoms with Crippen LogP contribution in [0.3, 0.4) is 0 Å². The van der Waals surface area contributed by atoms with Gasteiger partial charge in [0.25, 0.3) is 5.69 Å². The second-order valence-electron chi connectivity index (χ2n) is 6.39. The number of likely N-dealkylation sites (tertiary alicyclic amines) is 1. The third-order valence-corrected chi connectivity index (χ3v) is 5.08. The molecular formula is C17H20N4O2. The first-order valence-corrected chi connectivity index (χ1v) is 8.25. The predicted molar refractivity (Wildman–Crippen MR) is 89.8 cm³/mol. The predicted octanol–water partition coefficient (Wildman–Crippen LogP) is 2.82. The first-order chi connectivity index (χ1) is 11.2. The third-order valence-electron chi connectivity index (χ3n) is 5.08. The highest BCUT2D eigenvalue weighted by Crippen LogP contribution is 2.34. The van der Waals surface area contributed by atoms with Crippen LogP contribution in [0.1, 0.15) is 19.3 Å². The van der Waals surface area contributed by atoms with E-state index >= 15 is 0 Å². The Bertz CT molecular complexity index is 742. The lowest BCUT2D eigenvalue weighted by Crippen LogP contribution is -2.35. The molecule has 0 aliphatic carbocycles. The molecule has 0 N–H and O–H groups in total. The summed E-state index contributed by atoms with van der Waals surface area (Å²) in [5, 5.41) is 11.9. The van der Waals surface area contributed by atoms with Crippen LogP contribution in [0.2, 0.25) is 0 Å². The summed E-state index contributed by atoms with van der Waals surface area (Å²) < 4.78 is 0. The van der Waals surface area contributed by atoms with E-state index in [-0.39, 0.29) is 10.6 Å². The number of hydrogen-bond donors (Lipinski definition) is 0. The van der Waals surface area contributed by atoms with E-state index in [0.717, 1.165) is 30.7 Å². The molecule has 1 aromatic heterocycles. The second kappa shape index (κ2) is 5.77. The van der Waals surface area contributed by atoms with E-state index < -0.39 is 0 Å². The number of nitrogens with zero attached hydrogens (tertiary/aromatic N) is 4. The van der Waals surface area contributed by atoms with Crippen LogP contribution in [0.15, 0.2) is 30.5 Å². The van der Waals surface area contributed by atoms with Gasteiger partial charge in [0.05, 0.1) is 16.0 Å². The highest BCUT2D eigenvalue weighted by molar-refractivity contribution is 5.97. The fraction of sp³-hybridized carbons (Fsp3) is 0.471. The summed E-state index contributed by atoms with van der Waals surface area (Å²) in [5.41, 5.74) is 1.89. The summed E-state index contributed by atoms with van der Waals surface area (Å²) in [6.07, 6.45) is 5.48. The van der Waals surface area contributed by atoms with Crippen molar-refractivity contribution in [3.63, 3.8) is 0 Å². The van der Waals surface area contributed by atoms with Crippen molar-refractivity contribution in [3.05, 3.63) is 40.6 Å². The molecule has 2 saturated heterocycles. The summed E-state index contributed by atoms with van der Waals surface area (Å²) in [6.45, 7) is 4.39. The van der Waals surface area contributed by atoms with Crippen LogP contribution in [-0.4, -0.2) is 47.0 Å². The molecule has 23 heavy (non-hydrogen) atoms. The fourth-order valence-electron chi connectivity index (χ4n) is 3.92. The minimum absolute atomic E-state index is 0.132. The Balaban J connectivity index is 1.67. The number of fused-ring (bicyclic) bond motifs is 1. The lowest BCUT2D eigenvalue weighted by molar-refractivity contribution is -0.383. The lowest BCUT2D eigenvalue weighted by Gasteiger charge is -2.24. The zero-order valence-corrected chi connectivity index (χ0v) is 13.0. The summed E-state index contributed by atoms with van der Waals surface area (Å²) in [5.74, 6) is 0. The SMILES string of the molecule is O=[N+]([O-])c1ccc(N2CCC(N3CCCC3)C2)c2ncccc12. The van der Waals surface area contributed by atoms with Crippen LogP contribution in [-0.2, 0) is 0 Å². The van der Waals surface area contributed by atoms with E-state index in [0.29, 0.717) is 11.4 Å². The Hall–Kier alpha value is -2.21. The maximum Gasteiger partial charge on any atom is 0.278 e. The average molecular weight is 312 g/mol. The van der Waals surface area contributed by atoms with Crippen LogP contribution in [0, 0.1) is 10.1 Å². The molecule has 0 radical (unpaired) electrons. The number of nitro benzene ring substituents is 1. The van der Waals surface area contributed by atoms with Gasteiger partial charge in [0.2, 0.25) is 0 Å². The molecule has 2 aliphatic rings. The molecule has 1 aromatic carbocycles. The molecule has 1 atom stereocenters. The Morgan fingerprint density at radius 1 is 1.17 bits per heavy atom. The van der Waals surface area contributed by atoms with Crippen LogP contribution in [0.25, 0.3) is 10.9 Å². The zero-order valence-electron chi connectivity index (χ0n) is 13.0. The Labute approximate surface area is 134 Å². The largest absolute Gasteiger partial charge is 0.368 e. The zero-order chi connectivity index (χ0) is 15.8. The van der Waals surface area contributed by atoms with Crippen molar-refractivity contribution < 1.29 is 4.92 Å². The number of pyridine rings is 1. The molecule has 2 fully saturated rings. The number of hydrogen-bond acceptors (Lipinski definition) is 5. The summed E-state index contributed by atoms with van der Waals surface area (Å²) in [7, 11) is 0. The standard InChI is InChI=1S/C17H20N4O2/c22-21(23)15-5-6-16(17-14(15)4-3-8-18-17)20-11-7-13(12-20)19-9-1-2-10-19/h3-6,8,13H,1-2,7,9-12H2. The van der Waals surface area contributed by atoms with E-state index in [1.54, 1.807) is 24.4 Å². The number of non-ortho nitro benzene ring substituents is 1. The van der Waals surface area contributed by atoms with Crippen molar-refractivity contribution in [1.82, 2.24) is 9.88 Å². The molecule has 3 heterocycles. The van der Waals surface area contributed by atoms with Crippen LogP contribution >= 0.6 is 0 Å². The molecule has 2 aromatic rings. The molecular weight excluding hydrogens is 292 g/mol. The van der Waals surface area contributed by atoms with Gasteiger partial charge in [-0.2, -0.15) is 0 Å². The Kier molecular flexibility index (Phi) is 3.61. The third kappa shape index (κ3) is 2.53. The van der Waals surface area contributed by atoms with Gasteiger partial charge in [-0.3, -0.25) is 20.0 Å². The van der Waals surface area contributed by atoms with Gasteiger partial charge >= 0.3 is 0 Å². The van der Waals surface area contributed by atoms with Crippen molar-refractivity contribution in [2.24, 2.45) is 0 Å². The molecule has 120 valence electrons. The van der Waals surface area contributed by atoms with E-state index in [1.807, 2.05) is 6.07 Å². The van der Waals surface area contributed by atoms with Crippen molar-refractivity contribution in [2.75, 3.05) is 31.1 Å². The first-order valence-electron chi connectivity index (χ1n) is 8.25. The maximum absolute atomic E-state index is 11.2. The van der Waals surface area contributed by atoms with Crippen molar-refractivity contribution in [3.8, 4) is 0 Å². The highest BCUT2D eigenvalue weighted by Gasteiger charge is 2.30. The van der Waals surface area contributed by atoms with Gasteiger partial charge in [-0.05, 0) is 50.6 Å². The van der Waals surface area contributed by atoms with Gasteiger partial charge < -0.3 is 4.90 Å². The van der Waals surface area contributed by atoms with Crippen molar-refractivity contribution in [2.45, 2.75) is 25.3 Å². The molecule has 0 amide bonds. The van der Waals surface area contributed by atoms with E-state index in [4.69, 9.17) is 0 Å². The smallest absolute Gasteiger partial charge is 0.278 e. The minimum Gasteiger partial charge on any atom is -0.368 e. The number of aromatic nitrogens is 1. The maximum atomic E-state index is 11.2. The van der Waals surface area contributed by atoms with E-state index in [9.17, 15) is 10.1 Å². The monoisotopic (exact) mass is 312 g/mol. The number of benzene rings is 1. The number of anilines is 1. The Morgan fingerprint density at radius 3 is 2.78 bits per heavy atom. The molecule has 0 bridgehead atoms. The van der Waals surface area contributed by atoms with Crippen LogP contribution in [0.5, 0.6) is 0 Å². The molecule has 0 spiro atoms. The topological polar surface area (TPSA) is 62.5 Å². The molecule has 0 saturated carbocycles. The first kappa shape index (κ1) is 14.4. The van der Waals surface area contributed by atoms with E-state index in [1.165, 1.54) is 25.9 Å². The highest BCUT2D eigenvalue weighted by atomic mass is 16.6. The van der Waals surface area contributed by atoms with Crippen LogP contribution < -0.4 is 4.90 Å². The summed E-state index contributed by atoms with van der Waals surface area (Å²) in [6, 6.07) is 7.63.